The molecule has 1 unspecified atom stereocenters. The van der Waals surface area contributed by atoms with Gasteiger partial charge in [0.2, 0.25) is 0 Å². The van der Waals surface area contributed by atoms with Crippen LogP contribution in [-0.4, -0.2) is 61.6 Å². The number of aldehydes is 1. The van der Waals surface area contributed by atoms with E-state index in [1.807, 2.05) is 41.3 Å². The number of halogens is 3. The molecular formula is C38H45F3N2O4. The standard InChI is InChI=1S/C38H45F3N2O4/c39-38(40,41)34-12-9-13-35(29-34)43-24-22-42(23-25-43)21-6-2-8-27-47-36-14-5-4-11-32(36)18-15-30(10-3-1-7-26-44)28-31-16-19-33(20-17-31)37(45)46/h4-5,9,11-20,26,29-30H,1-3,6-8,10,21-25,27-28H2,(H,45,46)/b18-15+. The molecule has 6 nitrogen and oxygen atoms in total. The number of allylic oxidation sites excluding steroid dienone is 1. The number of rotatable bonds is 18. The third-order valence-corrected chi connectivity index (χ3v) is 8.60. The van der Waals surface area contributed by atoms with Crippen LogP contribution in [0.3, 0.4) is 0 Å². The molecule has 0 saturated carbocycles. The number of para-hydroxylation sites is 1. The number of hydrogen-bond acceptors (Lipinski definition) is 5. The van der Waals surface area contributed by atoms with E-state index in [9.17, 15) is 27.9 Å². The fourth-order valence-electron chi connectivity index (χ4n) is 5.88. The van der Waals surface area contributed by atoms with Crippen LogP contribution in [0, 0.1) is 5.92 Å². The Morgan fingerprint density at radius 1 is 0.894 bits per heavy atom. The molecule has 3 aromatic rings. The van der Waals surface area contributed by atoms with Gasteiger partial charge < -0.3 is 19.5 Å². The van der Waals surface area contributed by atoms with Gasteiger partial charge >= 0.3 is 12.1 Å². The van der Waals surface area contributed by atoms with Crippen molar-refractivity contribution in [3.63, 3.8) is 0 Å². The molecule has 1 N–H and O–H groups in total. The molecule has 0 aromatic heterocycles. The lowest BCUT2D eigenvalue weighted by atomic mass is 9.92. The summed E-state index contributed by atoms with van der Waals surface area (Å²) in [5, 5.41) is 9.20. The van der Waals surface area contributed by atoms with Gasteiger partial charge in [-0.3, -0.25) is 4.90 Å². The Morgan fingerprint density at radius 3 is 2.38 bits per heavy atom. The molecule has 1 aliphatic rings. The maximum atomic E-state index is 13.1. The zero-order valence-electron chi connectivity index (χ0n) is 26.8. The fourth-order valence-corrected chi connectivity index (χ4v) is 5.88. The molecule has 1 atom stereocenters. The molecule has 0 bridgehead atoms. The van der Waals surface area contributed by atoms with Crippen LogP contribution in [-0.2, 0) is 17.4 Å². The maximum absolute atomic E-state index is 13.1. The number of carbonyl (C=O) groups excluding carboxylic acids is 1. The molecule has 47 heavy (non-hydrogen) atoms. The van der Waals surface area contributed by atoms with Crippen molar-refractivity contribution in [3.8, 4) is 5.75 Å². The smallest absolute Gasteiger partial charge is 0.416 e. The average molecular weight is 651 g/mol. The first-order valence-corrected chi connectivity index (χ1v) is 16.5. The normalized spacial score (nSPS) is 14.7. The lowest BCUT2D eigenvalue weighted by Crippen LogP contribution is -2.46. The molecule has 3 aromatic carbocycles. The van der Waals surface area contributed by atoms with Gasteiger partial charge in [-0.1, -0.05) is 55.0 Å². The van der Waals surface area contributed by atoms with Gasteiger partial charge in [0.25, 0.3) is 0 Å². The number of anilines is 1. The number of ether oxygens (including phenoxy) is 1. The Morgan fingerprint density at radius 2 is 1.66 bits per heavy atom. The minimum Gasteiger partial charge on any atom is -0.493 e. The number of carboxylic acid groups (broad SMARTS) is 1. The summed E-state index contributed by atoms with van der Waals surface area (Å²) >= 11 is 0. The molecular weight excluding hydrogens is 605 g/mol. The Balaban J connectivity index is 1.20. The summed E-state index contributed by atoms with van der Waals surface area (Å²) in [6.07, 6.45) is 7.95. The predicted octanol–water partition coefficient (Wildman–Crippen LogP) is 8.41. The van der Waals surface area contributed by atoms with E-state index in [4.69, 9.17) is 4.74 Å². The second-order valence-electron chi connectivity index (χ2n) is 12.1. The van der Waals surface area contributed by atoms with E-state index < -0.39 is 17.7 Å². The summed E-state index contributed by atoms with van der Waals surface area (Å²) in [5.74, 6) is 0.129. The summed E-state index contributed by atoms with van der Waals surface area (Å²) in [5.41, 5.74) is 2.37. The summed E-state index contributed by atoms with van der Waals surface area (Å²) in [6.45, 7) is 4.66. The highest BCUT2D eigenvalue weighted by Crippen LogP contribution is 2.32. The Hall–Kier alpha value is -4.11. The first kappa shape index (κ1) is 35.7. The molecule has 4 rings (SSSR count). The average Bonchev–Trinajstić information content (AvgIpc) is 3.07. The highest BCUT2D eigenvalue weighted by Gasteiger charge is 2.31. The highest BCUT2D eigenvalue weighted by molar-refractivity contribution is 5.87. The number of aromatic carboxylic acids is 1. The Bertz CT molecular complexity index is 1430. The van der Waals surface area contributed by atoms with Crippen LogP contribution in [0.5, 0.6) is 5.75 Å². The van der Waals surface area contributed by atoms with E-state index in [1.165, 1.54) is 12.1 Å². The summed E-state index contributed by atoms with van der Waals surface area (Å²) in [7, 11) is 0. The van der Waals surface area contributed by atoms with Crippen molar-refractivity contribution < 1.29 is 32.6 Å². The minimum atomic E-state index is -4.33. The second kappa shape index (κ2) is 18.3. The molecule has 1 fully saturated rings. The molecule has 1 saturated heterocycles. The van der Waals surface area contributed by atoms with Crippen molar-refractivity contribution in [3.05, 3.63) is 101 Å². The van der Waals surface area contributed by atoms with E-state index in [1.54, 1.807) is 18.2 Å². The fraction of sp³-hybridized carbons (Fsp3) is 0.421. The third-order valence-electron chi connectivity index (χ3n) is 8.60. The molecule has 0 aliphatic carbocycles. The van der Waals surface area contributed by atoms with Gasteiger partial charge in [0.1, 0.15) is 12.0 Å². The van der Waals surface area contributed by atoms with Gasteiger partial charge in [0.15, 0.2) is 0 Å². The van der Waals surface area contributed by atoms with E-state index in [0.717, 1.165) is 93.8 Å². The molecule has 9 heteroatoms. The largest absolute Gasteiger partial charge is 0.493 e. The van der Waals surface area contributed by atoms with Crippen LogP contribution in [0.2, 0.25) is 0 Å². The molecule has 1 aliphatic heterocycles. The molecule has 0 radical (unpaired) electrons. The molecule has 0 spiro atoms. The van der Waals surface area contributed by atoms with Crippen molar-refractivity contribution in [1.82, 2.24) is 4.90 Å². The molecule has 252 valence electrons. The van der Waals surface area contributed by atoms with Gasteiger partial charge in [-0.15, -0.1) is 0 Å². The topological polar surface area (TPSA) is 70.1 Å². The van der Waals surface area contributed by atoms with Crippen molar-refractivity contribution in [2.45, 2.75) is 57.5 Å². The first-order chi connectivity index (χ1) is 22.7. The highest BCUT2D eigenvalue weighted by atomic mass is 19.4. The number of benzene rings is 3. The quantitative estimate of drug-likeness (QED) is 0.110. The molecule has 1 heterocycles. The SMILES string of the molecule is O=CCCCCC(/C=C/c1ccccc1OCCCCCN1CCN(c2cccc(C(F)(F)F)c2)CC1)Cc1ccc(C(=O)O)cc1. The zero-order chi connectivity index (χ0) is 33.5. The van der Waals surface area contributed by atoms with Crippen LogP contribution >= 0.6 is 0 Å². The predicted molar refractivity (Wildman–Crippen MR) is 180 cm³/mol. The second-order valence-corrected chi connectivity index (χ2v) is 12.1. The third kappa shape index (κ3) is 11.9. The van der Waals surface area contributed by atoms with Crippen molar-refractivity contribution in [2.75, 3.05) is 44.2 Å². The number of alkyl halides is 3. The summed E-state index contributed by atoms with van der Waals surface area (Å²) < 4.78 is 45.5. The molecule has 0 amide bonds. The van der Waals surface area contributed by atoms with Gasteiger partial charge in [-0.25, -0.2) is 4.79 Å². The van der Waals surface area contributed by atoms with E-state index in [0.29, 0.717) is 31.8 Å². The van der Waals surface area contributed by atoms with Gasteiger partial charge in [-0.2, -0.15) is 13.2 Å². The summed E-state index contributed by atoms with van der Waals surface area (Å²) in [4.78, 5) is 26.4. The number of carboxylic acids is 1. The van der Waals surface area contributed by atoms with Crippen LogP contribution in [0.25, 0.3) is 6.08 Å². The summed E-state index contributed by atoms with van der Waals surface area (Å²) in [6, 6.07) is 20.6. The van der Waals surface area contributed by atoms with Gasteiger partial charge in [0, 0.05) is 43.9 Å². The number of carbonyl (C=O) groups is 2. The number of unbranched alkanes of at least 4 members (excludes halogenated alkanes) is 4. The van der Waals surface area contributed by atoms with Gasteiger partial charge in [-0.05, 0) is 92.9 Å². The number of piperazine rings is 1. The monoisotopic (exact) mass is 650 g/mol. The Kier molecular flexibility index (Phi) is 13.9. The number of hydrogen-bond donors (Lipinski definition) is 1. The zero-order valence-corrected chi connectivity index (χ0v) is 26.8. The lowest BCUT2D eigenvalue weighted by Gasteiger charge is -2.36. The van der Waals surface area contributed by atoms with Gasteiger partial charge in [0.05, 0.1) is 17.7 Å². The van der Waals surface area contributed by atoms with E-state index >= 15 is 0 Å². The number of nitrogens with zero attached hydrogens (tertiary/aromatic N) is 2. The van der Waals surface area contributed by atoms with Crippen molar-refractivity contribution in [2.24, 2.45) is 5.92 Å². The Labute approximate surface area is 275 Å². The van der Waals surface area contributed by atoms with Crippen LogP contribution in [0.15, 0.2) is 78.9 Å². The lowest BCUT2D eigenvalue weighted by molar-refractivity contribution is -0.137. The van der Waals surface area contributed by atoms with Crippen LogP contribution in [0.1, 0.15) is 72.0 Å². The maximum Gasteiger partial charge on any atom is 0.416 e. The minimum absolute atomic E-state index is 0.234. The van der Waals surface area contributed by atoms with Crippen LogP contribution < -0.4 is 9.64 Å². The first-order valence-electron chi connectivity index (χ1n) is 16.5. The van der Waals surface area contributed by atoms with Crippen molar-refractivity contribution >= 4 is 24.0 Å². The van der Waals surface area contributed by atoms with Crippen LogP contribution in [0.4, 0.5) is 18.9 Å². The van der Waals surface area contributed by atoms with E-state index in [2.05, 4.69) is 17.1 Å². The van der Waals surface area contributed by atoms with Crippen molar-refractivity contribution in [1.29, 1.82) is 0 Å². The van der Waals surface area contributed by atoms with E-state index in [-0.39, 0.29) is 11.5 Å².